The Bertz CT molecular complexity index is 845. The van der Waals surface area contributed by atoms with Gasteiger partial charge in [0, 0.05) is 24.5 Å². The lowest BCUT2D eigenvalue weighted by molar-refractivity contribution is -0.138. The molecule has 1 aliphatic heterocycles. The second-order valence-electron chi connectivity index (χ2n) is 5.48. The molecule has 0 aliphatic carbocycles. The first kappa shape index (κ1) is 13.8. The molecule has 0 spiro atoms. The van der Waals surface area contributed by atoms with Gasteiger partial charge in [-0.1, -0.05) is 18.2 Å². The lowest BCUT2D eigenvalue weighted by atomic mass is 9.94. The molecule has 0 bridgehead atoms. The first-order valence-corrected chi connectivity index (χ1v) is 7.42. The van der Waals surface area contributed by atoms with Gasteiger partial charge in [0.2, 0.25) is 5.91 Å². The summed E-state index contributed by atoms with van der Waals surface area (Å²) in [5, 5.41) is 4.23. The normalized spacial score (nSPS) is 17.3. The molecule has 0 N–H and O–H groups in total. The number of amides is 1. The molecule has 1 fully saturated rings. The number of aromatic nitrogens is 4. The number of nitrogens with zero attached hydrogens (tertiary/aromatic N) is 5. The summed E-state index contributed by atoms with van der Waals surface area (Å²) in [6.07, 6.45) is 4.22. The predicted molar refractivity (Wildman–Crippen MR) is 80.0 cm³/mol. The summed E-state index contributed by atoms with van der Waals surface area (Å²) in [7, 11) is 0. The maximum Gasteiger partial charge on any atom is 0.252 e. The van der Waals surface area contributed by atoms with Crippen LogP contribution in [-0.4, -0.2) is 36.9 Å². The number of likely N-dealkylation sites (tertiary alicyclic amines) is 1. The van der Waals surface area contributed by atoms with Crippen molar-refractivity contribution in [3.8, 4) is 0 Å². The summed E-state index contributed by atoms with van der Waals surface area (Å²) >= 11 is 0. The average molecular weight is 311 g/mol. The van der Waals surface area contributed by atoms with Crippen molar-refractivity contribution in [2.24, 2.45) is 0 Å². The Kier molecular flexibility index (Phi) is 3.25. The van der Waals surface area contributed by atoms with Crippen LogP contribution in [0.5, 0.6) is 0 Å². The van der Waals surface area contributed by atoms with Crippen LogP contribution in [0.15, 0.2) is 42.7 Å². The van der Waals surface area contributed by atoms with E-state index in [0.29, 0.717) is 23.7 Å². The number of hydrogen-bond donors (Lipinski definition) is 0. The quantitative estimate of drug-likeness (QED) is 0.739. The van der Waals surface area contributed by atoms with E-state index in [1.165, 1.54) is 10.6 Å². The molecule has 0 saturated carbocycles. The smallest absolute Gasteiger partial charge is 0.252 e. The topological polar surface area (TPSA) is 63.4 Å². The number of fused-ring (bicyclic) bond motifs is 1. The number of carbonyl (C=O) groups is 1. The van der Waals surface area contributed by atoms with Gasteiger partial charge in [0.05, 0.1) is 12.5 Å². The van der Waals surface area contributed by atoms with Crippen LogP contribution < -0.4 is 0 Å². The Morgan fingerprint density at radius 3 is 2.91 bits per heavy atom. The van der Waals surface area contributed by atoms with Crippen molar-refractivity contribution in [1.82, 2.24) is 24.5 Å². The van der Waals surface area contributed by atoms with Gasteiger partial charge in [-0.25, -0.2) is 13.9 Å². The van der Waals surface area contributed by atoms with Crippen LogP contribution in [-0.2, 0) is 11.2 Å². The van der Waals surface area contributed by atoms with Crippen LogP contribution in [0.25, 0.3) is 5.78 Å². The standard InChI is InChI=1S/C16H14FN5O/c17-12-5-2-1-4-11(12)13-6-9-21(13)15(23)10-14-19-16-18-7-3-8-22(16)20-14/h1-5,7-8,13H,6,9-10H2. The highest BCUT2D eigenvalue weighted by Gasteiger charge is 2.35. The summed E-state index contributed by atoms with van der Waals surface area (Å²) in [5.74, 6) is 0.517. The van der Waals surface area contributed by atoms with Crippen molar-refractivity contribution in [3.05, 3.63) is 59.9 Å². The predicted octanol–water partition coefficient (Wildman–Crippen LogP) is 1.78. The van der Waals surface area contributed by atoms with Crippen molar-refractivity contribution in [2.45, 2.75) is 18.9 Å². The van der Waals surface area contributed by atoms with Gasteiger partial charge in [-0.3, -0.25) is 4.79 Å². The minimum atomic E-state index is -0.273. The number of rotatable bonds is 3. The van der Waals surface area contributed by atoms with Gasteiger partial charge in [0.15, 0.2) is 5.82 Å². The van der Waals surface area contributed by atoms with Gasteiger partial charge < -0.3 is 4.90 Å². The maximum atomic E-state index is 13.9. The summed E-state index contributed by atoms with van der Waals surface area (Å²) in [6, 6.07) is 8.14. The second-order valence-corrected chi connectivity index (χ2v) is 5.48. The van der Waals surface area contributed by atoms with Gasteiger partial charge in [-0.15, -0.1) is 5.10 Å². The molecule has 3 heterocycles. The summed E-state index contributed by atoms with van der Waals surface area (Å²) in [6.45, 7) is 0.628. The first-order valence-electron chi connectivity index (χ1n) is 7.42. The zero-order valence-electron chi connectivity index (χ0n) is 12.3. The van der Waals surface area contributed by atoms with Gasteiger partial charge in [0.25, 0.3) is 5.78 Å². The first-order chi connectivity index (χ1) is 11.2. The van der Waals surface area contributed by atoms with E-state index < -0.39 is 0 Å². The molecule has 4 rings (SSSR count). The van der Waals surface area contributed by atoms with Crippen LogP contribution in [0, 0.1) is 5.82 Å². The third-order valence-electron chi connectivity index (χ3n) is 4.07. The largest absolute Gasteiger partial charge is 0.335 e. The maximum absolute atomic E-state index is 13.9. The van der Waals surface area contributed by atoms with Crippen LogP contribution in [0.3, 0.4) is 0 Å². The Morgan fingerprint density at radius 1 is 1.30 bits per heavy atom. The number of hydrogen-bond acceptors (Lipinski definition) is 4. The van der Waals surface area contributed by atoms with E-state index in [9.17, 15) is 9.18 Å². The van der Waals surface area contributed by atoms with E-state index >= 15 is 0 Å². The Balaban J connectivity index is 1.52. The van der Waals surface area contributed by atoms with Crippen LogP contribution in [0.1, 0.15) is 23.9 Å². The number of carbonyl (C=O) groups excluding carboxylic acids is 1. The highest BCUT2D eigenvalue weighted by molar-refractivity contribution is 5.79. The van der Waals surface area contributed by atoms with Gasteiger partial charge in [0.1, 0.15) is 5.82 Å². The van der Waals surface area contributed by atoms with E-state index in [0.717, 1.165) is 6.42 Å². The highest BCUT2D eigenvalue weighted by atomic mass is 19.1. The molecule has 6 nitrogen and oxygen atoms in total. The zero-order chi connectivity index (χ0) is 15.8. The van der Waals surface area contributed by atoms with E-state index in [2.05, 4.69) is 15.1 Å². The lowest BCUT2D eigenvalue weighted by Crippen LogP contribution is -2.46. The molecule has 1 unspecified atom stereocenters. The van der Waals surface area contributed by atoms with Crippen molar-refractivity contribution in [3.63, 3.8) is 0 Å². The van der Waals surface area contributed by atoms with E-state index in [1.807, 2.05) is 0 Å². The molecule has 1 aliphatic rings. The minimum absolute atomic E-state index is 0.0916. The van der Waals surface area contributed by atoms with Crippen molar-refractivity contribution >= 4 is 11.7 Å². The van der Waals surface area contributed by atoms with E-state index in [-0.39, 0.29) is 24.2 Å². The minimum Gasteiger partial charge on any atom is -0.335 e. The Labute approximate surface area is 131 Å². The molecule has 1 aromatic carbocycles. The molecular formula is C16H14FN5O. The monoisotopic (exact) mass is 311 g/mol. The fourth-order valence-electron chi connectivity index (χ4n) is 2.84. The zero-order valence-corrected chi connectivity index (χ0v) is 12.3. The molecule has 2 aromatic heterocycles. The van der Waals surface area contributed by atoms with Crippen LogP contribution >= 0.6 is 0 Å². The molecular weight excluding hydrogens is 297 g/mol. The fraction of sp³-hybridized carbons (Fsp3) is 0.250. The van der Waals surface area contributed by atoms with Gasteiger partial charge >= 0.3 is 0 Å². The van der Waals surface area contributed by atoms with Gasteiger partial charge in [-0.2, -0.15) is 4.98 Å². The summed E-state index contributed by atoms with van der Waals surface area (Å²) in [5.41, 5.74) is 0.566. The summed E-state index contributed by atoms with van der Waals surface area (Å²) < 4.78 is 15.4. The van der Waals surface area contributed by atoms with Crippen molar-refractivity contribution in [2.75, 3.05) is 6.54 Å². The second kappa shape index (κ2) is 5.42. The lowest BCUT2D eigenvalue weighted by Gasteiger charge is -2.41. The van der Waals surface area contributed by atoms with E-state index in [4.69, 9.17) is 0 Å². The number of halogens is 1. The highest BCUT2D eigenvalue weighted by Crippen LogP contribution is 2.34. The Morgan fingerprint density at radius 2 is 2.17 bits per heavy atom. The molecule has 3 aromatic rings. The molecule has 116 valence electrons. The molecule has 1 atom stereocenters. The average Bonchev–Trinajstić information content (AvgIpc) is 2.90. The number of benzene rings is 1. The molecule has 1 saturated heterocycles. The van der Waals surface area contributed by atoms with Crippen molar-refractivity contribution in [1.29, 1.82) is 0 Å². The molecule has 1 amide bonds. The fourth-order valence-corrected chi connectivity index (χ4v) is 2.84. The van der Waals surface area contributed by atoms with Gasteiger partial charge in [-0.05, 0) is 18.6 Å². The summed E-state index contributed by atoms with van der Waals surface area (Å²) in [4.78, 5) is 22.4. The SMILES string of the molecule is O=C(Cc1nc2ncccn2n1)N1CCC1c1ccccc1F. The van der Waals surface area contributed by atoms with E-state index in [1.54, 1.807) is 41.6 Å². The van der Waals surface area contributed by atoms with Crippen LogP contribution in [0.2, 0.25) is 0 Å². The third-order valence-corrected chi connectivity index (χ3v) is 4.07. The third kappa shape index (κ3) is 2.44. The molecule has 7 heteroatoms. The Hall–Kier alpha value is -2.83. The molecule has 23 heavy (non-hydrogen) atoms. The molecule has 0 radical (unpaired) electrons. The van der Waals surface area contributed by atoms with Crippen LogP contribution in [0.4, 0.5) is 4.39 Å². The van der Waals surface area contributed by atoms with Crippen molar-refractivity contribution < 1.29 is 9.18 Å².